The number of methoxy groups -OCH3 is 1. The third-order valence-electron chi connectivity index (χ3n) is 8.64. The van der Waals surface area contributed by atoms with Gasteiger partial charge in [0.05, 0.1) is 42.4 Å². The van der Waals surface area contributed by atoms with Gasteiger partial charge in [0.25, 0.3) is 5.91 Å². The molecule has 1 aromatic heterocycles. The zero-order valence-electron chi connectivity index (χ0n) is 24.7. The second kappa shape index (κ2) is 14.2. The van der Waals surface area contributed by atoms with E-state index in [9.17, 15) is 18.0 Å². The van der Waals surface area contributed by atoms with Crippen LogP contribution < -0.4 is 15.4 Å². The van der Waals surface area contributed by atoms with Crippen LogP contribution in [-0.2, 0) is 14.2 Å². The van der Waals surface area contributed by atoms with Crippen molar-refractivity contribution in [2.75, 3.05) is 45.3 Å². The Morgan fingerprint density at radius 1 is 1.09 bits per heavy atom. The molecular weight excluding hydrogens is 565 g/mol. The lowest BCUT2D eigenvalue weighted by Gasteiger charge is -2.38. The number of nitrogens with zero attached hydrogens (tertiary/aromatic N) is 2. The van der Waals surface area contributed by atoms with Gasteiger partial charge in [-0.25, -0.2) is 0 Å². The monoisotopic (exact) mass is 606 g/mol. The molecule has 0 spiro atoms. The first kappa shape index (κ1) is 31.5. The fourth-order valence-corrected chi connectivity index (χ4v) is 6.18. The number of ether oxygens (including phenoxy) is 4. The van der Waals surface area contributed by atoms with Gasteiger partial charge in [0.2, 0.25) is 0 Å². The quantitative estimate of drug-likeness (QED) is 0.412. The van der Waals surface area contributed by atoms with E-state index in [-0.39, 0.29) is 36.0 Å². The molecule has 4 heterocycles. The number of benzene rings is 1. The topological polar surface area (TPSA) is 94.2 Å². The molecule has 9 nitrogen and oxygen atoms in total. The van der Waals surface area contributed by atoms with Crippen LogP contribution in [0.1, 0.15) is 66.1 Å². The van der Waals surface area contributed by atoms with Gasteiger partial charge in [-0.2, -0.15) is 0 Å². The number of anilines is 1. The summed E-state index contributed by atoms with van der Waals surface area (Å²) < 4.78 is 58.8. The van der Waals surface area contributed by atoms with E-state index >= 15 is 0 Å². The molecule has 0 saturated carbocycles. The highest BCUT2D eigenvalue weighted by molar-refractivity contribution is 5.96. The lowest BCUT2D eigenvalue weighted by Crippen LogP contribution is -2.54. The molecule has 236 valence electrons. The predicted molar refractivity (Wildman–Crippen MR) is 154 cm³/mol. The molecule has 12 heteroatoms. The van der Waals surface area contributed by atoms with E-state index in [1.54, 1.807) is 31.6 Å². The minimum Gasteiger partial charge on any atom is -0.406 e. The molecule has 0 radical (unpaired) electrons. The number of nitrogens with one attached hydrogen (secondary N) is 2. The maximum absolute atomic E-state index is 13.5. The smallest absolute Gasteiger partial charge is 0.406 e. The molecule has 3 aliphatic heterocycles. The molecule has 3 saturated heterocycles. The van der Waals surface area contributed by atoms with Gasteiger partial charge in [-0.1, -0.05) is 12.1 Å². The SMILES string of the molecule is COC1COCCC1NC1CCN(C(=O)c2cncc(NCC3CCCC(c4ccc(OC(F)(F)F)cc4)O3)c2C)CC1. The van der Waals surface area contributed by atoms with Crippen LogP contribution in [0.25, 0.3) is 0 Å². The number of alkyl halides is 3. The molecule has 1 amide bonds. The number of carbonyl (C=O) groups excluding carboxylic acids is 1. The molecule has 0 bridgehead atoms. The number of piperidine rings is 1. The van der Waals surface area contributed by atoms with Crippen LogP contribution in [0.4, 0.5) is 18.9 Å². The summed E-state index contributed by atoms with van der Waals surface area (Å²) in [6, 6.07) is 6.46. The van der Waals surface area contributed by atoms with Crippen LogP contribution in [0, 0.1) is 6.92 Å². The van der Waals surface area contributed by atoms with Crippen molar-refractivity contribution in [1.82, 2.24) is 15.2 Å². The van der Waals surface area contributed by atoms with Gasteiger partial charge in [0, 0.05) is 51.6 Å². The van der Waals surface area contributed by atoms with E-state index < -0.39 is 6.36 Å². The Kier molecular flexibility index (Phi) is 10.4. The Balaban J connectivity index is 1.12. The zero-order chi connectivity index (χ0) is 30.4. The fraction of sp³-hybridized carbons (Fsp3) is 0.613. The number of pyridine rings is 1. The van der Waals surface area contributed by atoms with Crippen LogP contribution in [0.2, 0.25) is 0 Å². The molecule has 5 rings (SSSR count). The van der Waals surface area contributed by atoms with Gasteiger partial charge >= 0.3 is 6.36 Å². The van der Waals surface area contributed by atoms with Crippen molar-refractivity contribution < 1.29 is 36.9 Å². The summed E-state index contributed by atoms with van der Waals surface area (Å²) in [7, 11) is 1.72. The van der Waals surface area contributed by atoms with E-state index in [0.717, 1.165) is 61.9 Å². The average Bonchev–Trinajstić information content (AvgIpc) is 3.01. The van der Waals surface area contributed by atoms with Gasteiger partial charge in [-0.3, -0.25) is 9.78 Å². The van der Waals surface area contributed by atoms with E-state index in [1.807, 2.05) is 11.8 Å². The minimum atomic E-state index is -4.72. The van der Waals surface area contributed by atoms with Crippen molar-refractivity contribution in [3.05, 3.63) is 53.3 Å². The second-order valence-corrected chi connectivity index (χ2v) is 11.5. The van der Waals surface area contributed by atoms with Crippen molar-refractivity contribution in [1.29, 1.82) is 0 Å². The normalized spacial score (nSPS) is 25.4. The maximum atomic E-state index is 13.5. The lowest BCUT2D eigenvalue weighted by atomic mass is 9.98. The number of halogens is 3. The van der Waals surface area contributed by atoms with E-state index in [1.165, 1.54) is 12.1 Å². The van der Waals surface area contributed by atoms with Crippen molar-refractivity contribution >= 4 is 11.6 Å². The van der Waals surface area contributed by atoms with Crippen LogP contribution >= 0.6 is 0 Å². The number of rotatable bonds is 9. The summed E-state index contributed by atoms with van der Waals surface area (Å²) >= 11 is 0. The minimum absolute atomic E-state index is 0.0140. The molecule has 2 N–H and O–H groups in total. The van der Waals surface area contributed by atoms with E-state index in [4.69, 9.17) is 14.2 Å². The fourth-order valence-electron chi connectivity index (χ4n) is 6.18. The number of carbonyl (C=O) groups is 1. The number of hydrogen-bond acceptors (Lipinski definition) is 8. The Morgan fingerprint density at radius 2 is 1.86 bits per heavy atom. The van der Waals surface area contributed by atoms with Crippen molar-refractivity contribution in [2.24, 2.45) is 0 Å². The Morgan fingerprint density at radius 3 is 2.58 bits per heavy atom. The molecule has 0 aliphatic carbocycles. The molecule has 1 aromatic carbocycles. The van der Waals surface area contributed by atoms with Crippen LogP contribution in [0.3, 0.4) is 0 Å². The van der Waals surface area contributed by atoms with E-state index in [0.29, 0.717) is 37.8 Å². The Bertz CT molecular complexity index is 1210. The number of amides is 1. The van der Waals surface area contributed by atoms with Gasteiger partial charge in [0.15, 0.2) is 0 Å². The van der Waals surface area contributed by atoms with E-state index in [2.05, 4.69) is 20.4 Å². The van der Waals surface area contributed by atoms with Crippen molar-refractivity contribution in [3.63, 3.8) is 0 Å². The van der Waals surface area contributed by atoms with Gasteiger partial charge < -0.3 is 34.5 Å². The van der Waals surface area contributed by atoms with Gasteiger partial charge in [-0.15, -0.1) is 13.2 Å². The lowest BCUT2D eigenvalue weighted by molar-refractivity contribution is -0.274. The summed E-state index contributed by atoms with van der Waals surface area (Å²) in [5.41, 5.74) is 3.03. The average molecular weight is 607 g/mol. The third kappa shape index (κ3) is 8.37. The molecule has 43 heavy (non-hydrogen) atoms. The molecule has 3 fully saturated rings. The summed E-state index contributed by atoms with van der Waals surface area (Å²) in [5, 5.41) is 7.14. The molecule has 3 aliphatic rings. The van der Waals surface area contributed by atoms with Gasteiger partial charge in [0.1, 0.15) is 5.75 Å². The highest BCUT2D eigenvalue weighted by Crippen LogP contribution is 2.33. The number of hydrogen-bond donors (Lipinski definition) is 2. The van der Waals surface area contributed by atoms with Crippen molar-refractivity contribution in [2.45, 2.75) is 82.2 Å². The standard InChI is InChI=1S/C31H41F3N4O5/c1-20-25(30(39)38-13-10-22(11-14-38)37-26-12-15-41-19-29(26)40-2)17-35-18-27(20)36-16-24-4-3-5-28(42-24)21-6-8-23(9-7-21)43-31(32,33)34/h6-9,17-18,22,24,26,28-29,36-37H,3-5,10-16,19H2,1-2H3. The largest absolute Gasteiger partial charge is 0.573 e. The zero-order valence-corrected chi connectivity index (χ0v) is 24.7. The summed E-state index contributed by atoms with van der Waals surface area (Å²) in [6.45, 7) is 5.14. The Labute approximate surface area is 250 Å². The van der Waals surface area contributed by atoms with Crippen LogP contribution in [0.5, 0.6) is 5.75 Å². The molecule has 4 atom stereocenters. The first-order chi connectivity index (χ1) is 20.7. The third-order valence-corrected chi connectivity index (χ3v) is 8.64. The van der Waals surface area contributed by atoms with Crippen LogP contribution in [-0.4, -0.2) is 86.4 Å². The first-order valence-corrected chi connectivity index (χ1v) is 15.1. The van der Waals surface area contributed by atoms with Gasteiger partial charge in [-0.05, 0) is 68.7 Å². The Hall–Kier alpha value is -2.93. The second-order valence-electron chi connectivity index (χ2n) is 11.5. The molecule has 4 unspecified atom stereocenters. The van der Waals surface area contributed by atoms with Crippen molar-refractivity contribution in [3.8, 4) is 5.75 Å². The molecular formula is C31H41F3N4O5. The predicted octanol–water partition coefficient (Wildman–Crippen LogP) is 5.01. The number of aromatic nitrogens is 1. The summed E-state index contributed by atoms with van der Waals surface area (Å²) in [5.74, 6) is -0.265. The number of likely N-dealkylation sites (tertiary alicyclic amines) is 1. The summed E-state index contributed by atoms with van der Waals surface area (Å²) in [4.78, 5) is 19.7. The van der Waals surface area contributed by atoms with Crippen LogP contribution in [0.15, 0.2) is 36.7 Å². The molecule has 2 aromatic rings. The maximum Gasteiger partial charge on any atom is 0.573 e. The highest BCUT2D eigenvalue weighted by Gasteiger charge is 2.32. The first-order valence-electron chi connectivity index (χ1n) is 15.1. The summed E-state index contributed by atoms with van der Waals surface area (Å²) in [6.07, 6.45) is 3.63. The highest BCUT2D eigenvalue weighted by atomic mass is 19.4.